The van der Waals surface area contributed by atoms with Crippen LogP contribution >= 0.6 is 15.9 Å². The molecule has 0 unspecified atom stereocenters. The Hall–Kier alpha value is -2.60. The first-order valence-corrected chi connectivity index (χ1v) is 9.52. The molecule has 0 aliphatic carbocycles. The lowest BCUT2D eigenvalue weighted by Gasteiger charge is -2.18. The fourth-order valence-electron chi connectivity index (χ4n) is 2.87. The minimum atomic E-state index is -0.372. The van der Waals surface area contributed by atoms with Crippen molar-refractivity contribution < 1.29 is 14.3 Å². The van der Waals surface area contributed by atoms with E-state index >= 15 is 0 Å². The van der Waals surface area contributed by atoms with Crippen molar-refractivity contribution in [1.29, 1.82) is 0 Å². The highest BCUT2D eigenvalue weighted by atomic mass is 79.9. The second kappa shape index (κ2) is 8.86. The molecule has 1 aromatic heterocycles. The van der Waals surface area contributed by atoms with Gasteiger partial charge < -0.3 is 14.6 Å². The number of likely N-dealkylation sites (N-methyl/N-ethyl adjacent to an activating group) is 1. The van der Waals surface area contributed by atoms with E-state index in [1.807, 2.05) is 54.7 Å². The molecule has 140 valence electrons. The van der Waals surface area contributed by atoms with Gasteiger partial charge in [-0.2, -0.15) is 0 Å². The number of nitrogens with one attached hydrogen (secondary N) is 1. The van der Waals surface area contributed by atoms with E-state index in [-0.39, 0.29) is 24.9 Å². The Morgan fingerprint density at radius 2 is 1.81 bits per heavy atom. The number of rotatable bonds is 7. The van der Waals surface area contributed by atoms with Gasteiger partial charge in [-0.25, -0.2) is 0 Å². The molecule has 0 atom stereocenters. The van der Waals surface area contributed by atoms with Crippen molar-refractivity contribution in [1.82, 2.24) is 9.88 Å². The third-order valence-corrected chi connectivity index (χ3v) is 5.19. The van der Waals surface area contributed by atoms with Crippen LogP contribution in [-0.4, -0.2) is 35.4 Å². The van der Waals surface area contributed by atoms with E-state index < -0.39 is 0 Å². The molecule has 0 fully saturated rings. The highest BCUT2D eigenvalue weighted by Gasteiger charge is 2.14. The van der Waals surface area contributed by atoms with Gasteiger partial charge in [0, 0.05) is 41.6 Å². The summed E-state index contributed by atoms with van der Waals surface area (Å²) >= 11 is 3.47. The predicted molar refractivity (Wildman–Crippen MR) is 108 cm³/mol. The highest BCUT2D eigenvalue weighted by molar-refractivity contribution is 9.10. The summed E-state index contributed by atoms with van der Waals surface area (Å²) in [5.74, 6) is -0.603. The number of ether oxygens (including phenoxy) is 1. The fraction of sp³-hybridized carbons (Fsp3) is 0.238. The van der Waals surface area contributed by atoms with Crippen LogP contribution in [0.3, 0.4) is 0 Å². The van der Waals surface area contributed by atoms with Crippen LogP contribution < -0.4 is 0 Å². The maximum atomic E-state index is 12.2. The highest BCUT2D eigenvalue weighted by Crippen LogP contribution is 2.19. The number of carbonyl (C=O) groups excluding carboxylic acids is 2. The first-order valence-electron chi connectivity index (χ1n) is 8.72. The van der Waals surface area contributed by atoms with Gasteiger partial charge >= 0.3 is 5.97 Å². The van der Waals surface area contributed by atoms with Gasteiger partial charge in [0.1, 0.15) is 0 Å². The zero-order valence-corrected chi connectivity index (χ0v) is 16.7. The van der Waals surface area contributed by atoms with Crippen LogP contribution in [0.25, 0.3) is 10.9 Å². The van der Waals surface area contributed by atoms with Gasteiger partial charge in [-0.1, -0.05) is 52.3 Å². The second-order valence-electron chi connectivity index (χ2n) is 6.36. The summed E-state index contributed by atoms with van der Waals surface area (Å²) in [6, 6.07) is 15.7. The van der Waals surface area contributed by atoms with Gasteiger partial charge in [-0.3, -0.25) is 9.59 Å². The summed E-state index contributed by atoms with van der Waals surface area (Å²) in [5, 5.41) is 1.11. The number of H-pyrrole nitrogens is 1. The zero-order valence-electron chi connectivity index (χ0n) is 15.1. The van der Waals surface area contributed by atoms with E-state index in [1.54, 1.807) is 11.9 Å². The average Bonchev–Trinajstić information content (AvgIpc) is 3.09. The Morgan fingerprint density at radius 1 is 1.07 bits per heavy atom. The van der Waals surface area contributed by atoms with Crippen LogP contribution in [0.15, 0.2) is 59.2 Å². The van der Waals surface area contributed by atoms with E-state index in [1.165, 1.54) is 0 Å². The molecule has 3 aromatic rings. The minimum Gasteiger partial charge on any atom is -0.456 e. The normalized spacial score (nSPS) is 10.7. The minimum absolute atomic E-state index is 0.230. The lowest BCUT2D eigenvalue weighted by molar-refractivity contribution is -0.151. The predicted octanol–water partition coefficient (Wildman–Crippen LogP) is 4.06. The molecule has 0 radical (unpaired) electrons. The summed E-state index contributed by atoms with van der Waals surface area (Å²) in [5.41, 5.74) is 3.11. The topological polar surface area (TPSA) is 62.4 Å². The SMILES string of the molecule is CN(Cc1ccccc1Br)C(=O)COC(=O)CCc1c[nH]c2ccccc12. The van der Waals surface area contributed by atoms with Crippen molar-refractivity contribution >= 4 is 38.7 Å². The monoisotopic (exact) mass is 428 g/mol. The average molecular weight is 429 g/mol. The summed E-state index contributed by atoms with van der Waals surface area (Å²) in [6.45, 7) is 0.209. The molecule has 0 bridgehead atoms. The summed E-state index contributed by atoms with van der Waals surface area (Å²) in [4.78, 5) is 28.9. The van der Waals surface area contributed by atoms with Gasteiger partial charge in [0.25, 0.3) is 5.91 Å². The van der Waals surface area contributed by atoms with Crippen molar-refractivity contribution in [3.05, 3.63) is 70.3 Å². The molecule has 1 heterocycles. The number of aromatic amines is 1. The number of hydrogen-bond donors (Lipinski definition) is 1. The lowest BCUT2D eigenvalue weighted by atomic mass is 10.1. The maximum absolute atomic E-state index is 12.2. The molecule has 5 nitrogen and oxygen atoms in total. The van der Waals surface area contributed by atoms with E-state index in [4.69, 9.17) is 4.74 Å². The third-order valence-electron chi connectivity index (χ3n) is 4.42. The summed E-state index contributed by atoms with van der Waals surface area (Å²) in [7, 11) is 1.70. The number of para-hydroxylation sites is 1. The van der Waals surface area contributed by atoms with Crippen LogP contribution in [0.4, 0.5) is 0 Å². The van der Waals surface area contributed by atoms with Crippen LogP contribution in [-0.2, 0) is 27.3 Å². The lowest BCUT2D eigenvalue weighted by Crippen LogP contribution is -2.31. The van der Waals surface area contributed by atoms with Crippen LogP contribution in [0.1, 0.15) is 17.5 Å². The van der Waals surface area contributed by atoms with E-state index in [0.29, 0.717) is 13.0 Å². The van der Waals surface area contributed by atoms with Gasteiger partial charge in [0.05, 0.1) is 0 Å². The summed E-state index contributed by atoms with van der Waals surface area (Å²) in [6.07, 6.45) is 2.72. The van der Waals surface area contributed by atoms with Gasteiger partial charge in [-0.15, -0.1) is 0 Å². The number of aromatic nitrogens is 1. The molecular formula is C21H21BrN2O3. The van der Waals surface area contributed by atoms with E-state index in [0.717, 1.165) is 26.5 Å². The van der Waals surface area contributed by atoms with E-state index in [2.05, 4.69) is 20.9 Å². The van der Waals surface area contributed by atoms with Crippen molar-refractivity contribution in [2.45, 2.75) is 19.4 Å². The van der Waals surface area contributed by atoms with Crippen LogP contribution in [0, 0.1) is 0 Å². The maximum Gasteiger partial charge on any atom is 0.306 e. The molecule has 3 rings (SSSR count). The van der Waals surface area contributed by atoms with Crippen molar-refractivity contribution in [2.24, 2.45) is 0 Å². The van der Waals surface area contributed by atoms with Crippen LogP contribution in [0.5, 0.6) is 0 Å². The molecule has 27 heavy (non-hydrogen) atoms. The molecule has 0 saturated heterocycles. The smallest absolute Gasteiger partial charge is 0.306 e. The number of esters is 1. The molecule has 1 N–H and O–H groups in total. The molecule has 0 saturated carbocycles. The fourth-order valence-corrected chi connectivity index (χ4v) is 3.28. The number of amides is 1. The van der Waals surface area contributed by atoms with Gasteiger partial charge in [-0.05, 0) is 29.7 Å². The van der Waals surface area contributed by atoms with Crippen molar-refractivity contribution in [3.63, 3.8) is 0 Å². The van der Waals surface area contributed by atoms with E-state index in [9.17, 15) is 9.59 Å². The Kier molecular flexibility index (Phi) is 6.29. The molecule has 1 amide bonds. The number of benzene rings is 2. The Balaban J connectivity index is 1.45. The largest absolute Gasteiger partial charge is 0.456 e. The Labute approximate surface area is 166 Å². The number of carbonyl (C=O) groups is 2. The molecular weight excluding hydrogens is 408 g/mol. The zero-order chi connectivity index (χ0) is 19.2. The standard InChI is InChI=1S/C21H21BrN2O3/c1-24(13-16-6-2-4-8-18(16)22)20(25)14-27-21(26)11-10-15-12-23-19-9-5-3-7-17(15)19/h2-9,12,23H,10-11,13-14H2,1H3. The first-order chi connectivity index (χ1) is 13.0. The Morgan fingerprint density at radius 3 is 2.63 bits per heavy atom. The quantitative estimate of drug-likeness (QED) is 0.577. The van der Waals surface area contributed by atoms with Gasteiger partial charge in [0.15, 0.2) is 6.61 Å². The number of nitrogens with zero attached hydrogens (tertiary/aromatic N) is 1. The Bertz CT molecular complexity index is 951. The first kappa shape index (κ1) is 19.2. The number of fused-ring (bicyclic) bond motifs is 1. The molecule has 0 spiro atoms. The third kappa shape index (κ3) is 4.98. The van der Waals surface area contributed by atoms with Crippen molar-refractivity contribution in [3.8, 4) is 0 Å². The number of hydrogen-bond acceptors (Lipinski definition) is 3. The number of aryl methyl sites for hydroxylation is 1. The summed E-state index contributed by atoms with van der Waals surface area (Å²) < 4.78 is 6.10. The molecule has 0 aliphatic rings. The van der Waals surface area contributed by atoms with Crippen molar-refractivity contribution in [2.75, 3.05) is 13.7 Å². The number of halogens is 1. The van der Waals surface area contributed by atoms with Crippen LogP contribution in [0.2, 0.25) is 0 Å². The van der Waals surface area contributed by atoms with Gasteiger partial charge in [0.2, 0.25) is 0 Å². The molecule has 6 heteroatoms. The second-order valence-corrected chi connectivity index (χ2v) is 7.22. The molecule has 0 aliphatic heterocycles. The molecule has 2 aromatic carbocycles.